The van der Waals surface area contributed by atoms with Crippen LogP contribution >= 0.6 is 63.7 Å². The fraction of sp³-hybridized carbons (Fsp3) is 1.00. The van der Waals surface area contributed by atoms with Crippen molar-refractivity contribution in [3.8, 4) is 0 Å². The SMILES string of the molecule is BrC12CC3(Br)CC(Br)(C1)CC(Br)(C2)C3.C1C2CC3CC1CC(C2)C3. The summed E-state index contributed by atoms with van der Waals surface area (Å²) >= 11 is 15.9. The van der Waals surface area contributed by atoms with E-state index in [2.05, 4.69) is 63.7 Å². The molecule has 4 heteroatoms. The highest BCUT2D eigenvalue weighted by Crippen LogP contribution is 2.70. The summed E-state index contributed by atoms with van der Waals surface area (Å²) in [5, 5.41) is 0. The van der Waals surface area contributed by atoms with Crippen LogP contribution in [0.15, 0.2) is 0 Å². The van der Waals surface area contributed by atoms with Gasteiger partial charge in [-0.1, -0.05) is 63.7 Å². The Morgan fingerprint density at radius 1 is 0.375 bits per heavy atom. The van der Waals surface area contributed by atoms with Crippen molar-refractivity contribution >= 4 is 63.7 Å². The molecule has 24 heavy (non-hydrogen) atoms. The topological polar surface area (TPSA) is 0 Å². The summed E-state index contributed by atoms with van der Waals surface area (Å²) < 4.78 is 1.44. The maximum absolute atomic E-state index is 3.97. The van der Waals surface area contributed by atoms with E-state index in [1.165, 1.54) is 62.2 Å². The molecule has 0 radical (unpaired) electrons. The first-order valence-electron chi connectivity index (χ1n) is 9.90. The number of hydrogen-bond acceptors (Lipinski definition) is 0. The second-order valence-electron chi connectivity index (χ2n) is 10.5. The summed E-state index contributed by atoms with van der Waals surface area (Å²) in [4.78, 5) is 0. The maximum Gasteiger partial charge on any atom is 0.0298 e. The standard InChI is InChI=1S/C10H12Br4.C10H16/c11-7-1-8(12)4-9(13,2-7)6-10(14,3-7)5-8;1-7-2-9-4-8(1)5-10(3-7)6-9/h1-6H2;7-10H,1-6H2. The lowest BCUT2D eigenvalue weighted by molar-refractivity contribution is 0.0198. The lowest BCUT2D eigenvalue weighted by Gasteiger charge is -2.64. The molecule has 0 aromatic carbocycles. The number of halogens is 4. The van der Waals surface area contributed by atoms with Crippen LogP contribution in [0.4, 0.5) is 0 Å². The molecule has 0 atom stereocenters. The van der Waals surface area contributed by atoms with E-state index in [1.807, 2.05) is 0 Å². The minimum atomic E-state index is 0.359. The molecule has 0 N–H and O–H groups in total. The number of rotatable bonds is 0. The van der Waals surface area contributed by atoms with Gasteiger partial charge in [0.1, 0.15) is 0 Å². The second kappa shape index (κ2) is 5.72. The predicted molar refractivity (Wildman–Crippen MR) is 116 cm³/mol. The van der Waals surface area contributed by atoms with E-state index in [1.54, 1.807) is 38.5 Å². The highest BCUT2D eigenvalue weighted by Gasteiger charge is 2.65. The van der Waals surface area contributed by atoms with Crippen molar-refractivity contribution in [2.24, 2.45) is 23.7 Å². The normalized spacial score (nSPS) is 62.5. The van der Waals surface area contributed by atoms with E-state index in [0.29, 0.717) is 17.3 Å². The van der Waals surface area contributed by atoms with Gasteiger partial charge in [0, 0.05) is 17.3 Å². The zero-order chi connectivity index (χ0) is 16.8. The Balaban J connectivity index is 0.000000115. The zero-order valence-corrected chi connectivity index (χ0v) is 20.7. The minimum Gasteiger partial charge on any atom is -0.0852 e. The van der Waals surface area contributed by atoms with Crippen molar-refractivity contribution in [1.29, 1.82) is 0 Å². The summed E-state index contributed by atoms with van der Waals surface area (Å²) in [5.41, 5.74) is 0. The van der Waals surface area contributed by atoms with Crippen LogP contribution in [-0.2, 0) is 0 Å². The molecule has 0 nitrogen and oxygen atoms in total. The van der Waals surface area contributed by atoms with Gasteiger partial charge in [-0.05, 0) is 101 Å². The van der Waals surface area contributed by atoms with Gasteiger partial charge in [-0.15, -0.1) is 0 Å². The first-order valence-corrected chi connectivity index (χ1v) is 13.1. The minimum absolute atomic E-state index is 0.359. The first-order chi connectivity index (χ1) is 11.1. The molecule has 8 fully saturated rings. The largest absolute Gasteiger partial charge is 0.0852 e. The number of alkyl halides is 4. The van der Waals surface area contributed by atoms with Crippen molar-refractivity contribution in [2.45, 2.75) is 94.3 Å². The molecule has 8 aliphatic carbocycles. The average Bonchev–Trinajstić information content (AvgIpc) is 2.29. The van der Waals surface area contributed by atoms with E-state index in [9.17, 15) is 0 Å². The molecule has 0 saturated heterocycles. The molecule has 0 aromatic heterocycles. The Bertz CT molecular complexity index is 392. The molecule has 8 aliphatic rings. The Morgan fingerprint density at radius 3 is 0.708 bits per heavy atom. The lowest BCUT2D eigenvalue weighted by Crippen LogP contribution is -2.64. The van der Waals surface area contributed by atoms with Crippen LogP contribution in [0.1, 0.15) is 77.0 Å². The van der Waals surface area contributed by atoms with Gasteiger partial charge in [-0.25, -0.2) is 0 Å². The van der Waals surface area contributed by atoms with E-state index in [4.69, 9.17) is 0 Å². The molecule has 0 aliphatic heterocycles. The fourth-order valence-electron chi connectivity index (χ4n) is 8.14. The van der Waals surface area contributed by atoms with Crippen molar-refractivity contribution in [2.75, 3.05) is 0 Å². The molecule has 8 rings (SSSR count). The van der Waals surface area contributed by atoms with Crippen LogP contribution in [0.5, 0.6) is 0 Å². The second-order valence-corrected chi connectivity index (χ2v) is 17.3. The molecule has 0 aromatic rings. The molecule has 0 unspecified atom stereocenters. The Morgan fingerprint density at radius 2 is 0.542 bits per heavy atom. The van der Waals surface area contributed by atoms with Crippen LogP contribution < -0.4 is 0 Å². The van der Waals surface area contributed by atoms with Crippen LogP contribution in [0.25, 0.3) is 0 Å². The molecule has 0 spiro atoms. The van der Waals surface area contributed by atoms with E-state index < -0.39 is 0 Å². The number of hydrogen-bond donors (Lipinski definition) is 0. The molecule has 8 saturated carbocycles. The van der Waals surface area contributed by atoms with Gasteiger partial charge in [-0.2, -0.15) is 0 Å². The van der Waals surface area contributed by atoms with Gasteiger partial charge < -0.3 is 0 Å². The first kappa shape index (κ1) is 18.0. The van der Waals surface area contributed by atoms with Crippen molar-refractivity contribution in [3.05, 3.63) is 0 Å². The molecular weight excluding hydrogens is 560 g/mol. The monoisotopic (exact) mass is 584 g/mol. The maximum atomic E-state index is 3.97. The Labute approximate surface area is 180 Å². The smallest absolute Gasteiger partial charge is 0.0298 e. The van der Waals surface area contributed by atoms with Crippen molar-refractivity contribution in [3.63, 3.8) is 0 Å². The third-order valence-electron chi connectivity index (χ3n) is 7.80. The highest BCUT2D eigenvalue weighted by atomic mass is 79.9. The highest BCUT2D eigenvalue weighted by molar-refractivity contribution is 9.11. The van der Waals surface area contributed by atoms with Crippen LogP contribution in [0.3, 0.4) is 0 Å². The van der Waals surface area contributed by atoms with Crippen LogP contribution in [-0.4, -0.2) is 17.3 Å². The Hall–Kier alpha value is 1.92. The summed E-state index contributed by atoms with van der Waals surface area (Å²) in [6.07, 6.45) is 17.3. The van der Waals surface area contributed by atoms with E-state index in [0.717, 1.165) is 0 Å². The van der Waals surface area contributed by atoms with Crippen molar-refractivity contribution in [1.82, 2.24) is 0 Å². The summed E-state index contributed by atoms with van der Waals surface area (Å²) in [6, 6.07) is 0. The van der Waals surface area contributed by atoms with Gasteiger partial charge >= 0.3 is 0 Å². The van der Waals surface area contributed by atoms with E-state index in [-0.39, 0.29) is 0 Å². The van der Waals surface area contributed by atoms with Gasteiger partial charge in [0.05, 0.1) is 0 Å². The molecular formula is C20H28Br4. The lowest BCUT2D eigenvalue weighted by atomic mass is 9.56. The third kappa shape index (κ3) is 3.28. The zero-order valence-electron chi connectivity index (χ0n) is 14.3. The molecule has 0 heterocycles. The summed E-state index contributed by atoms with van der Waals surface area (Å²) in [6.45, 7) is 0. The van der Waals surface area contributed by atoms with Gasteiger partial charge in [0.25, 0.3) is 0 Å². The van der Waals surface area contributed by atoms with Crippen molar-refractivity contribution < 1.29 is 0 Å². The predicted octanol–water partition coefficient (Wildman–Crippen LogP) is 7.74. The van der Waals surface area contributed by atoms with Crippen LogP contribution in [0.2, 0.25) is 0 Å². The quantitative estimate of drug-likeness (QED) is 0.254. The average molecular weight is 588 g/mol. The summed E-state index contributed by atoms with van der Waals surface area (Å²) in [7, 11) is 0. The van der Waals surface area contributed by atoms with Gasteiger partial charge in [0.2, 0.25) is 0 Å². The fourth-order valence-corrected chi connectivity index (χ4v) is 16.8. The Kier molecular flexibility index (Phi) is 4.29. The van der Waals surface area contributed by atoms with Gasteiger partial charge in [0.15, 0.2) is 0 Å². The molecule has 136 valence electrons. The summed E-state index contributed by atoms with van der Waals surface area (Å²) in [5.74, 6) is 4.71. The van der Waals surface area contributed by atoms with Crippen LogP contribution in [0, 0.1) is 23.7 Å². The molecule has 8 bridgehead atoms. The molecule has 0 amide bonds. The van der Waals surface area contributed by atoms with E-state index >= 15 is 0 Å². The van der Waals surface area contributed by atoms with Gasteiger partial charge in [-0.3, -0.25) is 0 Å². The third-order valence-corrected chi connectivity index (χ3v) is 11.2.